The number of anilines is 1. The highest BCUT2D eigenvalue weighted by Crippen LogP contribution is 2.22. The molecule has 0 aliphatic carbocycles. The lowest BCUT2D eigenvalue weighted by Crippen LogP contribution is -2.46. The molecule has 1 saturated heterocycles. The van der Waals surface area contributed by atoms with Gasteiger partial charge in [0.25, 0.3) is 5.69 Å². The minimum Gasteiger partial charge on any atom is -0.323 e. The molecule has 1 aliphatic rings. The van der Waals surface area contributed by atoms with Gasteiger partial charge in [-0.2, -0.15) is 17.0 Å². The van der Waals surface area contributed by atoms with Gasteiger partial charge in [0, 0.05) is 30.2 Å². The summed E-state index contributed by atoms with van der Waals surface area (Å²) in [4.78, 5) is 22.1. The zero-order valence-electron chi connectivity index (χ0n) is 10.5. The molecule has 8 heteroatoms. The average molecular weight is 292 g/mol. The molecule has 1 amide bonds. The number of nitrogens with zero attached hydrogens (tertiary/aromatic N) is 2. The van der Waals surface area contributed by atoms with E-state index in [4.69, 9.17) is 5.26 Å². The molecule has 0 radical (unpaired) electrons. The van der Waals surface area contributed by atoms with Crippen LogP contribution in [0.3, 0.4) is 0 Å². The van der Waals surface area contributed by atoms with Crippen LogP contribution in [0, 0.1) is 21.4 Å². The zero-order chi connectivity index (χ0) is 14.5. The number of hydrogen-bond donors (Lipinski definition) is 2. The Morgan fingerprint density at radius 1 is 1.60 bits per heavy atom. The molecule has 1 aromatic carbocycles. The van der Waals surface area contributed by atoms with Crippen molar-refractivity contribution in [3.05, 3.63) is 33.9 Å². The second-order valence-corrected chi connectivity index (χ2v) is 5.32. The summed E-state index contributed by atoms with van der Waals surface area (Å²) in [6.45, 7) is 0.758. The summed E-state index contributed by atoms with van der Waals surface area (Å²) >= 11 is 1.68. The molecular formula is C12H12N4O3S. The summed E-state index contributed by atoms with van der Waals surface area (Å²) < 4.78 is 0. The van der Waals surface area contributed by atoms with E-state index >= 15 is 0 Å². The first kappa shape index (κ1) is 14.3. The van der Waals surface area contributed by atoms with Crippen molar-refractivity contribution in [1.29, 1.82) is 5.26 Å². The van der Waals surface area contributed by atoms with Crippen molar-refractivity contribution in [2.24, 2.45) is 0 Å². The Morgan fingerprint density at radius 2 is 2.40 bits per heavy atom. The van der Waals surface area contributed by atoms with Crippen molar-refractivity contribution in [1.82, 2.24) is 5.32 Å². The second kappa shape index (κ2) is 6.36. The van der Waals surface area contributed by atoms with Crippen LogP contribution in [0.15, 0.2) is 18.2 Å². The quantitative estimate of drug-likeness (QED) is 0.638. The SMILES string of the molecule is N#Cc1cc([N+](=O)[O-])ccc1NC(=O)C1CSCCN1. The fraction of sp³-hybridized carbons (Fsp3) is 0.333. The Hall–Kier alpha value is -2.11. The van der Waals surface area contributed by atoms with Crippen LogP contribution >= 0.6 is 11.8 Å². The molecule has 1 aromatic rings. The Labute approximate surface area is 119 Å². The highest BCUT2D eigenvalue weighted by Gasteiger charge is 2.22. The van der Waals surface area contributed by atoms with Crippen molar-refractivity contribution in [2.75, 3.05) is 23.4 Å². The lowest BCUT2D eigenvalue weighted by atomic mass is 10.1. The highest BCUT2D eigenvalue weighted by atomic mass is 32.2. The van der Waals surface area contributed by atoms with Crippen LogP contribution < -0.4 is 10.6 Å². The largest absolute Gasteiger partial charge is 0.323 e. The first-order valence-electron chi connectivity index (χ1n) is 5.92. The number of rotatable bonds is 3. The third-order valence-electron chi connectivity index (χ3n) is 2.83. The van der Waals surface area contributed by atoms with E-state index in [-0.39, 0.29) is 23.2 Å². The molecule has 0 aromatic heterocycles. The van der Waals surface area contributed by atoms with Gasteiger partial charge in [0.15, 0.2) is 0 Å². The van der Waals surface area contributed by atoms with Gasteiger partial charge in [-0.15, -0.1) is 0 Å². The number of hydrogen-bond acceptors (Lipinski definition) is 6. The summed E-state index contributed by atoms with van der Waals surface area (Å²) in [6.07, 6.45) is 0. The standard InChI is InChI=1S/C12H12N4O3S/c13-6-8-5-9(16(18)19)1-2-10(8)15-12(17)11-7-20-4-3-14-11/h1-2,5,11,14H,3-4,7H2,(H,15,17). The minimum absolute atomic E-state index is 0.0796. The van der Waals surface area contributed by atoms with E-state index in [1.54, 1.807) is 11.8 Å². The van der Waals surface area contributed by atoms with Crippen molar-refractivity contribution in [3.63, 3.8) is 0 Å². The van der Waals surface area contributed by atoms with Crippen molar-refractivity contribution in [2.45, 2.75) is 6.04 Å². The third kappa shape index (κ3) is 3.26. The van der Waals surface area contributed by atoms with E-state index in [9.17, 15) is 14.9 Å². The first-order chi connectivity index (χ1) is 9.61. The topological polar surface area (TPSA) is 108 Å². The summed E-state index contributed by atoms with van der Waals surface area (Å²) in [5.41, 5.74) is 0.197. The van der Waals surface area contributed by atoms with E-state index in [1.165, 1.54) is 12.1 Å². The predicted octanol–water partition coefficient (Wildman–Crippen LogP) is 1.11. The highest BCUT2D eigenvalue weighted by molar-refractivity contribution is 7.99. The lowest BCUT2D eigenvalue weighted by molar-refractivity contribution is -0.384. The van der Waals surface area contributed by atoms with Gasteiger partial charge in [0.1, 0.15) is 6.07 Å². The van der Waals surface area contributed by atoms with Crippen LogP contribution in [-0.4, -0.2) is 34.9 Å². The van der Waals surface area contributed by atoms with Crippen LogP contribution in [0.2, 0.25) is 0 Å². The fourth-order valence-electron chi connectivity index (χ4n) is 1.80. The van der Waals surface area contributed by atoms with Gasteiger partial charge in [-0.25, -0.2) is 0 Å². The number of carbonyl (C=O) groups excluding carboxylic acids is 1. The predicted molar refractivity (Wildman–Crippen MR) is 75.6 cm³/mol. The molecule has 20 heavy (non-hydrogen) atoms. The molecule has 2 rings (SSSR count). The van der Waals surface area contributed by atoms with Gasteiger partial charge >= 0.3 is 0 Å². The minimum atomic E-state index is -0.578. The Bertz CT molecular complexity index is 579. The Kier molecular flexibility index (Phi) is 4.55. The summed E-state index contributed by atoms with van der Waals surface area (Å²) in [5, 5.41) is 25.4. The van der Waals surface area contributed by atoms with Gasteiger partial charge in [0.2, 0.25) is 5.91 Å². The summed E-state index contributed by atoms with van der Waals surface area (Å²) in [7, 11) is 0. The van der Waals surface area contributed by atoms with Crippen molar-refractivity contribution in [3.8, 4) is 6.07 Å². The number of nitro groups is 1. The van der Waals surface area contributed by atoms with Crippen LogP contribution in [0.1, 0.15) is 5.56 Å². The molecule has 1 atom stereocenters. The molecule has 1 aliphatic heterocycles. The molecule has 1 fully saturated rings. The number of benzene rings is 1. The summed E-state index contributed by atoms with van der Waals surface area (Å²) in [6, 6.07) is 5.34. The Balaban J connectivity index is 2.14. The van der Waals surface area contributed by atoms with E-state index in [0.29, 0.717) is 11.4 Å². The van der Waals surface area contributed by atoms with Gasteiger partial charge in [-0.3, -0.25) is 14.9 Å². The van der Waals surface area contributed by atoms with E-state index in [1.807, 2.05) is 6.07 Å². The number of nitriles is 1. The molecule has 0 saturated carbocycles. The van der Waals surface area contributed by atoms with Crippen LogP contribution in [0.4, 0.5) is 11.4 Å². The Morgan fingerprint density at radius 3 is 3.00 bits per heavy atom. The first-order valence-corrected chi connectivity index (χ1v) is 7.08. The molecule has 0 spiro atoms. The zero-order valence-corrected chi connectivity index (χ0v) is 11.3. The molecule has 1 heterocycles. The molecule has 7 nitrogen and oxygen atoms in total. The monoisotopic (exact) mass is 292 g/mol. The number of thioether (sulfide) groups is 1. The molecule has 104 valence electrons. The number of carbonyl (C=O) groups is 1. The maximum Gasteiger partial charge on any atom is 0.270 e. The van der Waals surface area contributed by atoms with Crippen LogP contribution in [0.25, 0.3) is 0 Å². The second-order valence-electron chi connectivity index (χ2n) is 4.17. The maximum atomic E-state index is 12.0. The fourth-order valence-corrected chi connectivity index (χ4v) is 2.73. The average Bonchev–Trinajstić information content (AvgIpc) is 2.48. The number of non-ortho nitro benzene ring substituents is 1. The lowest BCUT2D eigenvalue weighted by Gasteiger charge is -2.22. The van der Waals surface area contributed by atoms with Gasteiger partial charge in [-0.1, -0.05) is 0 Å². The molecule has 1 unspecified atom stereocenters. The van der Waals surface area contributed by atoms with Gasteiger partial charge in [-0.05, 0) is 6.07 Å². The smallest absolute Gasteiger partial charge is 0.270 e. The number of nitrogens with one attached hydrogen (secondary N) is 2. The molecule has 0 bridgehead atoms. The maximum absolute atomic E-state index is 12.0. The third-order valence-corrected chi connectivity index (χ3v) is 3.89. The van der Waals surface area contributed by atoms with Gasteiger partial charge < -0.3 is 10.6 Å². The molecule has 2 N–H and O–H groups in total. The van der Waals surface area contributed by atoms with Crippen LogP contribution in [-0.2, 0) is 4.79 Å². The van der Waals surface area contributed by atoms with Crippen molar-refractivity contribution < 1.29 is 9.72 Å². The van der Waals surface area contributed by atoms with Crippen molar-refractivity contribution >= 4 is 29.0 Å². The van der Waals surface area contributed by atoms with Crippen LogP contribution in [0.5, 0.6) is 0 Å². The van der Waals surface area contributed by atoms with E-state index in [2.05, 4.69) is 10.6 Å². The van der Waals surface area contributed by atoms with Gasteiger partial charge in [0.05, 0.1) is 22.2 Å². The summed E-state index contributed by atoms with van der Waals surface area (Å²) in [5.74, 6) is 1.40. The van der Waals surface area contributed by atoms with E-state index < -0.39 is 4.92 Å². The number of amides is 1. The molecular weight excluding hydrogens is 280 g/mol. The number of nitro benzene ring substituents is 1. The van der Waals surface area contributed by atoms with E-state index in [0.717, 1.165) is 18.4 Å². The normalized spacial score (nSPS) is 18.1.